The fraction of sp³-hybridized carbons (Fsp3) is 0.278. The fourth-order valence-corrected chi connectivity index (χ4v) is 2.20. The zero-order valence-corrected chi connectivity index (χ0v) is 12.8. The lowest BCUT2D eigenvalue weighted by molar-refractivity contribution is -0.121. The number of benzene rings is 2. The summed E-state index contributed by atoms with van der Waals surface area (Å²) in [4.78, 5) is 12.0. The maximum absolute atomic E-state index is 12.8. The zero-order valence-electron chi connectivity index (χ0n) is 12.8. The van der Waals surface area contributed by atoms with Crippen molar-refractivity contribution >= 4 is 5.91 Å². The summed E-state index contributed by atoms with van der Waals surface area (Å²) in [6.07, 6.45) is 0.980. The summed E-state index contributed by atoms with van der Waals surface area (Å²) < 4.78 is 17.9. The van der Waals surface area contributed by atoms with Crippen molar-refractivity contribution in [3.8, 4) is 5.75 Å². The van der Waals surface area contributed by atoms with E-state index in [1.54, 1.807) is 19.2 Å². The molecule has 2 rings (SSSR count). The van der Waals surface area contributed by atoms with Crippen LogP contribution in [0, 0.1) is 5.82 Å². The first kappa shape index (κ1) is 16.0. The molecule has 1 amide bonds. The van der Waals surface area contributed by atoms with E-state index >= 15 is 0 Å². The molecule has 0 saturated heterocycles. The van der Waals surface area contributed by atoms with Crippen LogP contribution in [0.4, 0.5) is 4.39 Å². The molecule has 2 aromatic rings. The molecule has 2 aromatic carbocycles. The molecule has 0 aromatic heterocycles. The summed E-state index contributed by atoms with van der Waals surface area (Å²) in [5.74, 6) is 0.507. The maximum atomic E-state index is 12.8. The number of carbonyl (C=O) groups excluding carboxylic acids is 1. The van der Waals surface area contributed by atoms with Crippen LogP contribution in [0.5, 0.6) is 5.75 Å². The predicted molar refractivity (Wildman–Crippen MR) is 84.3 cm³/mol. The lowest BCUT2D eigenvalue weighted by Gasteiger charge is -2.15. The molecular formula is C18H20FNO2. The third-order valence-electron chi connectivity index (χ3n) is 3.55. The molecule has 3 nitrogen and oxygen atoms in total. The first-order valence-electron chi connectivity index (χ1n) is 7.26. The lowest BCUT2D eigenvalue weighted by Crippen LogP contribution is -2.26. The van der Waals surface area contributed by atoms with Gasteiger partial charge in [-0.3, -0.25) is 4.79 Å². The first-order chi connectivity index (χ1) is 10.6. The third kappa shape index (κ3) is 4.58. The monoisotopic (exact) mass is 301 g/mol. The zero-order chi connectivity index (χ0) is 15.9. The summed E-state index contributed by atoms with van der Waals surface area (Å²) in [7, 11) is 1.62. The van der Waals surface area contributed by atoms with E-state index in [1.165, 1.54) is 12.1 Å². The quantitative estimate of drug-likeness (QED) is 0.884. The Morgan fingerprint density at radius 2 is 1.77 bits per heavy atom. The lowest BCUT2D eigenvalue weighted by atomic mass is 10.1. The van der Waals surface area contributed by atoms with Crippen molar-refractivity contribution in [3.05, 3.63) is 65.5 Å². The fourth-order valence-electron chi connectivity index (χ4n) is 2.20. The molecule has 0 spiro atoms. The normalized spacial score (nSPS) is 11.8. The Bertz CT molecular complexity index is 608. The van der Waals surface area contributed by atoms with Crippen LogP contribution in [0.25, 0.3) is 0 Å². The minimum absolute atomic E-state index is 0.0207. The summed E-state index contributed by atoms with van der Waals surface area (Å²) in [6, 6.07) is 13.8. The van der Waals surface area contributed by atoms with E-state index in [4.69, 9.17) is 4.74 Å². The molecule has 0 aliphatic rings. The van der Waals surface area contributed by atoms with Crippen LogP contribution in [0.2, 0.25) is 0 Å². The van der Waals surface area contributed by atoms with Crippen LogP contribution < -0.4 is 10.1 Å². The van der Waals surface area contributed by atoms with Gasteiger partial charge in [-0.05, 0) is 48.7 Å². The number of ether oxygens (including phenoxy) is 1. The van der Waals surface area contributed by atoms with Gasteiger partial charge in [0.2, 0.25) is 5.91 Å². The molecule has 0 fully saturated rings. The van der Waals surface area contributed by atoms with Crippen LogP contribution in [0.3, 0.4) is 0 Å². The Morgan fingerprint density at radius 1 is 1.14 bits per heavy atom. The van der Waals surface area contributed by atoms with E-state index in [9.17, 15) is 9.18 Å². The van der Waals surface area contributed by atoms with Crippen molar-refractivity contribution in [2.24, 2.45) is 0 Å². The largest absolute Gasteiger partial charge is 0.497 e. The second-order valence-corrected chi connectivity index (χ2v) is 5.19. The van der Waals surface area contributed by atoms with Gasteiger partial charge >= 0.3 is 0 Å². The molecule has 0 radical (unpaired) electrons. The number of methoxy groups -OCH3 is 1. The molecule has 1 N–H and O–H groups in total. The summed E-state index contributed by atoms with van der Waals surface area (Å²) >= 11 is 0. The number of hydrogen-bond acceptors (Lipinski definition) is 2. The average Bonchev–Trinajstić information content (AvgIpc) is 2.54. The molecule has 1 atom stereocenters. The molecule has 0 heterocycles. The van der Waals surface area contributed by atoms with Crippen LogP contribution in [0.1, 0.15) is 30.5 Å². The molecule has 116 valence electrons. The highest BCUT2D eigenvalue weighted by atomic mass is 19.1. The summed E-state index contributed by atoms with van der Waals surface area (Å²) in [5, 5.41) is 2.96. The van der Waals surface area contributed by atoms with Crippen molar-refractivity contribution in [2.45, 2.75) is 25.8 Å². The van der Waals surface area contributed by atoms with Gasteiger partial charge < -0.3 is 10.1 Å². The maximum Gasteiger partial charge on any atom is 0.220 e. The Kier molecular flexibility index (Phi) is 5.53. The van der Waals surface area contributed by atoms with Gasteiger partial charge in [0.1, 0.15) is 11.6 Å². The van der Waals surface area contributed by atoms with Gasteiger partial charge in [-0.2, -0.15) is 0 Å². The number of carbonyl (C=O) groups is 1. The topological polar surface area (TPSA) is 38.3 Å². The molecule has 22 heavy (non-hydrogen) atoms. The Morgan fingerprint density at radius 3 is 2.36 bits per heavy atom. The number of amides is 1. The predicted octanol–water partition coefficient (Wildman–Crippen LogP) is 3.64. The molecule has 0 aliphatic heterocycles. The van der Waals surface area contributed by atoms with Crippen molar-refractivity contribution in [3.63, 3.8) is 0 Å². The average molecular weight is 301 g/mol. The van der Waals surface area contributed by atoms with Crippen LogP contribution in [-0.4, -0.2) is 13.0 Å². The van der Waals surface area contributed by atoms with Gasteiger partial charge in [0.25, 0.3) is 0 Å². The van der Waals surface area contributed by atoms with Crippen LogP contribution in [-0.2, 0) is 11.2 Å². The number of rotatable bonds is 6. The van der Waals surface area contributed by atoms with E-state index in [1.807, 2.05) is 31.2 Å². The molecule has 0 unspecified atom stereocenters. The van der Waals surface area contributed by atoms with Crippen molar-refractivity contribution in [1.29, 1.82) is 0 Å². The first-order valence-corrected chi connectivity index (χ1v) is 7.26. The smallest absolute Gasteiger partial charge is 0.220 e. The second kappa shape index (κ2) is 7.59. The molecule has 0 bridgehead atoms. The van der Waals surface area contributed by atoms with Gasteiger partial charge in [0, 0.05) is 6.42 Å². The van der Waals surface area contributed by atoms with Crippen molar-refractivity contribution < 1.29 is 13.9 Å². The molecule has 0 aliphatic carbocycles. The Balaban J connectivity index is 1.83. The van der Waals surface area contributed by atoms with E-state index in [0.717, 1.165) is 16.9 Å². The van der Waals surface area contributed by atoms with Gasteiger partial charge in [0.15, 0.2) is 0 Å². The van der Waals surface area contributed by atoms with E-state index in [0.29, 0.717) is 12.8 Å². The molecule has 0 saturated carbocycles. The van der Waals surface area contributed by atoms with E-state index in [2.05, 4.69) is 5.32 Å². The van der Waals surface area contributed by atoms with Crippen LogP contribution >= 0.6 is 0 Å². The third-order valence-corrected chi connectivity index (χ3v) is 3.55. The number of hydrogen-bond donors (Lipinski definition) is 1. The summed E-state index contributed by atoms with van der Waals surface area (Å²) in [6.45, 7) is 1.94. The number of halogens is 1. The van der Waals surface area contributed by atoms with Gasteiger partial charge in [-0.25, -0.2) is 4.39 Å². The standard InChI is InChI=1S/C18H20FNO2/c1-13(15-6-10-17(22-2)11-7-15)20-18(21)12-5-14-3-8-16(19)9-4-14/h3-4,6-11,13H,5,12H2,1-2H3,(H,20,21)/t13-/m0/s1. The van der Waals surface area contributed by atoms with Gasteiger partial charge in [-0.15, -0.1) is 0 Å². The minimum atomic E-state index is -0.263. The van der Waals surface area contributed by atoms with E-state index < -0.39 is 0 Å². The van der Waals surface area contributed by atoms with Crippen LogP contribution in [0.15, 0.2) is 48.5 Å². The summed E-state index contributed by atoms with van der Waals surface area (Å²) in [5.41, 5.74) is 1.98. The van der Waals surface area contributed by atoms with Gasteiger partial charge in [-0.1, -0.05) is 24.3 Å². The highest BCUT2D eigenvalue weighted by molar-refractivity contribution is 5.76. The Hall–Kier alpha value is -2.36. The number of nitrogens with one attached hydrogen (secondary N) is 1. The number of aryl methyl sites for hydroxylation is 1. The van der Waals surface area contributed by atoms with Crippen molar-refractivity contribution in [1.82, 2.24) is 5.32 Å². The minimum Gasteiger partial charge on any atom is -0.497 e. The Labute approximate surface area is 130 Å². The SMILES string of the molecule is COc1ccc([C@H](C)NC(=O)CCc2ccc(F)cc2)cc1. The highest BCUT2D eigenvalue weighted by Crippen LogP contribution is 2.17. The second-order valence-electron chi connectivity index (χ2n) is 5.19. The van der Waals surface area contributed by atoms with Crippen molar-refractivity contribution in [2.75, 3.05) is 7.11 Å². The molecule has 4 heteroatoms. The molecular weight excluding hydrogens is 281 g/mol. The van der Waals surface area contributed by atoms with E-state index in [-0.39, 0.29) is 17.8 Å². The van der Waals surface area contributed by atoms with Gasteiger partial charge in [0.05, 0.1) is 13.2 Å². The highest BCUT2D eigenvalue weighted by Gasteiger charge is 2.09.